The molecule has 0 fully saturated rings. The van der Waals surface area contributed by atoms with Crippen molar-refractivity contribution in [2.45, 2.75) is 26.2 Å². The van der Waals surface area contributed by atoms with Gasteiger partial charge in [-0.25, -0.2) is 0 Å². The molecule has 0 saturated carbocycles. The van der Waals surface area contributed by atoms with Gasteiger partial charge in [0.25, 0.3) is 0 Å². The van der Waals surface area contributed by atoms with E-state index in [1.807, 2.05) is 0 Å². The minimum Gasteiger partial charge on any atom is -0.487 e. The molecule has 0 aliphatic rings. The van der Waals surface area contributed by atoms with Gasteiger partial charge in [-0.3, -0.25) is 0 Å². The quantitative estimate of drug-likeness (QED) is 0.620. The lowest BCUT2D eigenvalue weighted by molar-refractivity contribution is 0.304. The average Bonchev–Trinajstić information content (AvgIpc) is 1.97. The molecule has 0 heterocycles. The van der Waals surface area contributed by atoms with Crippen LogP contribution in [0.5, 0.6) is 0 Å². The van der Waals surface area contributed by atoms with E-state index in [0.717, 1.165) is 25.9 Å². The van der Waals surface area contributed by atoms with E-state index >= 15 is 0 Å². The Hall–Kier alpha value is -0.150. The topological polar surface area (TPSA) is 35.2 Å². The summed E-state index contributed by atoms with van der Waals surface area (Å²) in [5, 5.41) is 0.701. The second-order valence-electron chi connectivity index (χ2n) is 2.11. The molecule has 0 unspecified atom stereocenters. The summed E-state index contributed by atoms with van der Waals surface area (Å²) in [6.45, 7) is 3.49. The van der Waals surface area contributed by atoms with Crippen molar-refractivity contribution >= 4 is 17.3 Å². The zero-order valence-electron chi connectivity index (χ0n) is 6.43. The van der Waals surface area contributed by atoms with Crippen molar-refractivity contribution in [1.29, 1.82) is 0 Å². The van der Waals surface area contributed by atoms with E-state index in [-0.39, 0.29) is 0 Å². The highest BCUT2D eigenvalue weighted by Gasteiger charge is 1.94. The third-order valence-corrected chi connectivity index (χ3v) is 1.37. The van der Waals surface area contributed by atoms with Gasteiger partial charge < -0.3 is 10.5 Å². The van der Waals surface area contributed by atoms with Gasteiger partial charge in [0.15, 0.2) is 5.05 Å². The first-order valence-corrected chi connectivity index (χ1v) is 4.07. The fourth-order valence-electron chi connectivity index (χ4n) is 0.534. The zero-order chi connectivity index (χ0) is 7.82. The highest BCUT2D eigenvalue weighted by molar-refractivity contribution is 7.80. The molecule has 0 aromatic heterocycles. The molecule has 60 valence electrons. The summed E-state index contributed by atoms with van der Waals surface area (Å²) in [6.07, 6.45) is 2.77. The average molecular weight is 161 g/mol. The molecule has 3 heteroatoms. The van der Waals surface area contributed by atoms with Gasteiger partial charge in [0.1, 0.15) is 0 Å². The summed E-state index contributed by atoms with van der Waals surface area (Å²) in [4.78, 5) is 0. The Balaban J connectivity index is 3.09. The SMILES string of the molecule is CCCOC(=S)CCCN. The van der Waals surface area contributed by atoms with Crippen molar-refractivity contribution in [3.05, 3.63) is 0 Å². The number of ether oxygens (including phenoxy) is 1. The maximum Gasteiger partial charge on any atom is 0.159 e. The van der Waals surface area contributed by atoms with Gasteiger partial charge in [-0.1, -0.05) is 6.92 Å². The van der Waals surface area contributed by atoms with Crippen LogP contribution in [-0.4, -0.2) is 18.2 Å². The molecular weight excluding hydrogens is 146 g/mol. The van der Waals surface area contributed by atoms with Crippen molar-refractivity contribution in [3.63, 3.8) is 0 Å². The summed E-state index contributed by atoms with van der Waals surface area (Å²) < 4.78 is 5.17. The summed E-state index contributed by atoms with van der Waals surface area (Å²) in [6, 6.07) is 0. The zero-order valence-corrected chi connectivity index (χ0v) is 7.25. The highest BCUT2D eigenvalue weighted by Crippen LogP contribution is 1.94. The Kier molecular flexibility index (Phi) is 6.86. The van der Waals surface area contributed by atoms with E-state index in [1.54, 1.807) is 0 Å². The standard InChI is InChI=1S/C7H15NOS/c1-2-6-9-7(10)4-3-5-8/h2-6,8H2,1H3. The Labute approximate surface area is 67.7 Å². The van der Waals surface area contributed by atoms with Crippen LogP contribution >= 0.6 is 12.2 Å². The molecule has 0 radical (unpaired) electrons. The van der Waals surface area contributed by atoms with E-state index in [9.17, 15) is 0 Å². The van der Waals surface area contributed by atoms with Gasteiger partial charge in [0, 0.05) is 6.42 Å². The summed E-state index contributed by atoms with van der Waals surface area (Å²) in [5.41, 5.74) is 5.29. The lowest BCUT2D eigenvalue weighted by atomic mass is 10.3. The van der Waals surface area contributed by atoms with Crippen LogP contribution in [0.2, 0.25) is 0 Å². The van der Waals surface area contributed by atoms with Crippen LogP contribution in [-0.2, 0) is 4.74 Å². The fourth-order valence-corrected chi connectivity index (χ4v) is 0.762. The number of rotatable bonds is 5. The molecule has 0 bridgehead atoms. The Morgan fingerprint density at radius 2 is 2.30 bits per heavy atom. The molecule has 2 nitrogen and oxygen atoms in total. The molecule has 10 heavy (non-hydrogen) atoms. The second-order valence-corrected chi connectivity index (χ2v) is 2.57. The molecular formula is C7H15NOS. The first kappa shape index (κ1) is 9.85. The maximum absolute atomic E-state index is 5.29. The summed E-state index contributed by atoms with van der Waals surface area (Å²) in [5.74, 6) is 0. The molecule has 0 spiro atoms. The van der Waals surface area contributed by atoms with E-state index in [2.05, 4.69) is 6.92 Å². The molecule has 0 rings (SSSR count). The Morgan fingerprint density at radius 1 is 1.60 bits per heavy atom. The third-order valence-electron chi connectivity index (χ3n) is 1.05. The lowest BCUT2D eigenvalue weighted by Crippen LogP contribution is -2.06. The van der Waals surface area contributed by atoms with Crippen molar-refractivity contribution in [2.24, 2.45) is 5.73 Å². The molecule has 0 aromatic carbocycles. The third kappa shape index (κ3) is 5.98. The maximum atomic E-state index is 5.29. The van der Waals surface area contributed by atoms with Crippen LogP contribution < -0.4 is 5.73 Å². The molecule has 0 atom stereocenters. The second kappa shape index (κ2) is 6.96. The smallest absolute Gasteiger partial charge is 0.159 e. The summed E-state index contributed by atoms with van der Waals surface area (Å²) >= 11 is 4.91. The first-order valence-electron chi connectivity index (χ1n) is 3.67. The molecule has 2 N–H and O–H groups in total. The van der Waals surface area contributed by atoms with Gasteiger partial charge in [-0.2, -0.15) is 0 Å². The van der Waals surface area contributed by atoms with Gasteiger partial charge in [0.05, 0.1) is 6.61 Å². The minimum absolute atomic E-state index is 0.690. The lowest BCUT2D eigenvalue weighted by Gasteiger charge is -2.03. The van der Waals surface area contributed by atoms with E-state index in [0.29, 0.717) is 11.6 Å². The molecule has 0 aliphatic heterocycles. The van der Waals surface area contributed by atoms with Gasteiger partial charge in [-0.15, -0.1) is 0 Å². The molecule has 0 aromatic rings. The van der Waals surface area contributed by atoms with Crippen molar-refractivity contribution in [2.75, 3.05) is 13.2 Å². The van der Waals surface area contributed by atoms with Gasteiger partial charge >= 0.3 is 0 Å². The normalized spacial score (nSPS) is 9.40. The molecule has 0 saturated heterocycles. The highest BCUT2D eigenvalue weighted by atomic mass is 32.1. The molecule has 0 aliphatic carbocycles. The van der Waals surface area contributed by atoms with Crippen molar-refractivity contribution in [3.8, 4) is 0 Å². The van der Waals surface area contributed by atoms with E-state index in [1.165, 1.54) is 0 Å². The van der Waals surface area contributed by atoms with Crippen molar-refractivity contribution < 1.29 is 4.74 Å². The Bertz CT molecular complexity index is 85.6. The van der Waals surface area contributed by atoms with Crippen LogP contribution in [0.4, 0.5) is 0 Å². The van der Waals surface area contributed by atoms with Crippen LogP contribution in [0.1, 0.15) is 26.2 Å². The van der Waals surface area contributed by atoms with Crippen molar-refractivity contribution in [1.82, 2.24) is 0 Å². The van der Waals surface area contributed by atoms with Crippen LogP contribution in [0, 0.1) is 0 Å². The largest absolute Gasteiger partial charge is 0.487 e. The summed E-state index contributed by atoms with van der Waals surface area (Å²) in [7, 11) is 0. The number of hydrogen-bond donors (Lipinski definition) is 1. The number of nitrogens with two attached hydrogens (primary N) is 1. The van der Waals surface area contributed by atoms with Gasteiger partial charge in [-0.05, 0) is 31.6 Å². The number of thiocarbonyl (C=S) groups is 1. The number of hydrogen-bond acceptors (Lipinski definition) is 3. The van der Waals surface area contributed by atoms with Crippen LogP contribution in [0.15, 0.2) is 0 Å². The Morgan fingerprint density at radius 3 is 2.80 bits per heavy atom. The fraction of sp³-hybridized carbons (Fsp3) is 0.857. The molecule has 0 amide bonds. The first-order chi connectivity index (χ1) is 4.81. The minimum atomic E-state index is 0.690. The van der Waals surface area contributed by atoms with Crippen LogP contribution in [0.3, 0.4) is 0 Å². The van der Waals surface area contributed by atoms with E-state index in [4.69, 9.17) is 22.7 Å². The predicted molar refractivity (Wildman–Crippen MR) is 47.1 cm³/mol. The van der Waals surface area contributed by atoms with Gasteiger partial charge in [0.2, 0.25) is 0 Å². The van der Waals surface area contributed by atoms with Crippen LogP contribution in [0.25, 0.3) is 0 Å². The van der Waals surface area contributed by atoms with E-state index < -0.39 is 0 Å². The monoisotopic (exact) mass is 161 g/mol. The predicted octanol–water partition coefficient (Wildman–Crippen LogP) is 1.48.